The van der Waals surface area contributed by atoms with Crippen LogP contribution in [-0.2, 0) is 0 Å². The van der Waals surface area contributed by atoms with Crippen molar-refractivity contribution in [1.29, 1.82) is 0 Å². The summed E-state index contributed by atoms with van der Waals surface area (Å²) < 4.78 is 0. The van der Waals surface area contributed by atoms with Gasteiger partial charge >= 0.3 is 0 Å². The number of hydrogen-bond donors (Lipinski definition) is 1. The van der Waals surface area contributed by atoms with E-state index in [4.69, 9.17) is 5.11 Å². The first-order valence-corrected chi connectivity index (χ1v) is 3.38. The van der Waals surface area contributed by atoms with Gasteiger partial charge in [-0.3, -0.25) is 0 Å². The highest BCUT2D eigenvalue weighted by Crippen LogP contribution is 2.47. The Kier molecular flexibility index (Phi) is 1.57. The second-order valence-electron chi connectivity index (χ2n) is 2.89. The van der Waals surface area contributed by atoms with Gasteiger partial charge in [0.15, 0.2) is 0 Å². The molecule has 1 saturated carbocycles. The SMILES string of the molecule is C[C@H]1C(CCO)[C@@H]1C. The van der Waals surface area contributed by atoms with Gasteiger partial charge in [-0.05, 0) is 24.2 Å². The third kappa shape index (κ3) is 0.873. The maximum atomic E-state index is 8.51. The number of aliphatic hydroxyl groups is 1. The summed E-state index contributed by atoms with van der Waals surface area (Å²) >= 11 is 0. The van der Waals surface area contributed by atoms with E-state index in [0.29, 0.717) is 6.61 Å². The summed E-state index contributed by atoms with van der Waals surface area (Å²) in [7, 11) is 0. The zero-order valence-electron chi connectivity index (χ0n) is 5.59. The molecule has 0 aromatic carbocycles. The van der Waals surface area contributed by atoms with Gasteiger partial charge in [0.2, 0.25) is 0 Å². The van der Waals surface area contributed by atoms with Crippen LogP contribution in [0, 0.1) is 17.8 Å². The molecular formula is C7H14O. The van der Waals surface area contributed by atoms with E-state index in [0.717, 1.165) is 24.2 Å². The van der Waals surface area contributed by atoms with Gasteiger partial charge in [0.05, 0.1) is 0 Å². The highest BCUT2D eigenvalue weighted by Gasteiger charge is 2.41. The van der Waals surface area contributed by atoms with Crippen LogP contribution in [0.1, 0.15) is 20.3 Å². The molecule has 0 aliphatic heterocycles. The Morgan fingerprint density at radius 3 is 1.88 bits per heavy atom. The molecule has 0 spiro atoms. The van der Waals surface area contributed by atoms with E-state index >= 15 is 0 Å². The highest BCUT2D eigenvalue weighted by atomic mass is 16.3. The lowest BCUT2D eigenvalue weighted by Crippen LogP contribution is -1.85. The molecule has 2 atom stereocenters. The zero-order chi connectivity index (χ0) is 6.15. The lowest BCUT2D eigenvalue weighted by molar-refractivity contribution is 0.275. The van der Waals surface area contributed by atoms with E-state index in [-0.39, 0.29) is 0 Å². The molecule has 0 aromatic heterocycles. The minimum atomic E-state index is 0.374. The number of aliphatic hydroxyl groups excluding tert-OH is 1. The lowest BCUT2D eigenvalue weighted by atomic mass is 10.2. The number of hydrogen-bond acceptors (Lipinski definition) is 1. The molecule has 0 aromatic rings. The van der Waals surface area contributed by atoms with Gasteiger partial charge in [-0.25, -0.2) is 0 Å². The van der Waals surface area contributed by atoms with Crippen LogP contribution < -0.4 is 0 Å². The summed E-state index contributed by atoms with van der Waals surface area (Å²) in [6, 6.07) is 0. The van der Waals surface area contributed by atoms with Crippen molar-refractivity contribution in [2.24, 2.45) is 17.8 Å². The quantitative estimate of drug-likeness (QED) is 0.573. The van der Waals surface area contributed by atoms with Crippen molar-refractivity contribution in [3.05, 3.63) is 0 Å². The van der Waals surface area contributed by atoms with Crippen molar-refractivity contribution in [1.82, 2.24) is 0 Å². The fourth-order valence-corrected chi connectivity index (χ4v) is 1.44. The van der Waals surface area contributed by atoms with Crippen molar-refractivity contribution in [2.45, 2.75) is 20.3 Å². The van der Waals surface area contributed by atoms with Gasteiger partial charge in [0.1, 0.15) is 0 Å². The van der Waals surface area contributed by atoms with Crippen LogP contribution in [0.5, 0.6) is 0 Å². The molecule has 0 unspecified atom stereocenters. The predicted octanol–water partition coefficient (Wildman–Crippen LogP) is 1.27. The standard InChI is InChI=1S/C7H14O/c1-5-6(2)7(5)3-4-8/h5-8H,3-4H2,1-2H3/t5-,6-/m1/s1. The summed E-state index contributed by atoms with van der Waals surface area (Å²) in [4.78, 5) is 0. The molecule has 1 fully saturated rings. The van der Waals surface area contributed by atoms with Crippen LogP contribution in [-0.4, -0.2) is 11.7 Å². The summed E-state index contributed by atoms with van der Waals surface area (Å²) in [5, 5.41) is 8.51. The molecule has 1 N–H and O–H groups in total. The van der Waals surface area contributed by atoms with E-state index in [9.17, 15) is 0 Å². The summed E-state index contributed by atoms with van der Waals surface area (Å²) in [5.41, 5.74) is 0. The van der Waals surface area contributed by atoms with Crippen molar-refractivity contribution >= 4 is 0 Å². The van der Waals surface area contributed by atoms with Crippen LogP contribution in [0.2, 0.25) is 0 Å². The molecule has 0 bridgehead atoms. The maximum Gasteiger partial charge on any atom is 0.0433 e. The van der Waals surface area contributed by atoms with Crippen LogP contribution in [0.3, 0.4) is 0 Å². The normalized spacial score (nSPS) is 44.6. The second kappa shape index (κ2) is 2.06. The lowest BCUT2D eigenvalue weighted by Gasteiger charge is -1.87. The fourth-order valence-electron chi connectivity index (χ4n) is 1.44. The third-order valence-corrected chi connectivity index (χ3v) is 2.50. The fraction of sp³-hybridized carbons (Fsp3) is 1.00. The monoisotopic (exact) mass is 114 g/mol. The van der Waals surface area contributed by atoms with Crippen molar-refractivity contribution < 1.29 is 5.11 Å². The van der Waals surface area contributed by atoms with Gasteiger partial charge in [-0.2, -0.15) is 0 Å². The Morgan fingerprint density at radius 2 is 1.75 bits per heavy atom. The molecule has 0 saturated heterocycles. The van der Waals surface area contributed by atoms with Crippen LogP contribution in [0.25, 0.3) is 0 Å². The van der Waals surface area contributed by atoms with Gasteiger partial charge in [0.25, 0.3) is 0 Å². The predicted molar refractivity (Wildman–Crippen MR) is 33.5 cm³/mol. The van der Waals surface area contributed by atoms with Gasteiger partial charge in [-0.1, -0.05) is 13.8 Å². The molecule has 8 heavy (non-hydrogen) atoms. The Labute approximate surface area is 50.7 Å². The van der Waals surface area contributed by atoms with E-state index in [1.165, 1.54) is 0 Å². The summed E-state index contributed by atoms with van der Waals surface area (Å²) in [6.45, 7) is 4.88. The van der Waals surface area contributed by atoms with Crippen molar-refractivity contribution in [2.75, 3.05) is 6.61 Å². The Balaban J connectivity index is 2.13. The molecule has 0 heterocycles. The third-order valence-electron chi connectivity index (χ3n) is 2.50. The van der Waals surface area contributed by atoms with Crippen LogP contribution in [0.4, 0.5) is 0 Å². The largest absolute Gasteiger partial charge is 0.396 e. The van der Waals surface area contributed by atoms with Crippen molar-refractivity contribution in [3.63, 3.8) is 0 Å². The van der Waals surface area contributed by atoms with Gasteiger partial charge < -0.3 is 5.11 Å². The molecule has 1 aliphatic carbocycles. The molecule has 1 rings (SSSR count). The Morgan fingerprint density at radius 1 is 1.25 bits per heavy atom. The first kappa shape index (κ1) is 6.09. The maximum absolute atomic E-state index is 8.51. The molecule has 1 aliphatic rings. The van der Waals surface area contributed by atoms with Gasteiger partial charge in [0, 0.05) is 6.61 Å². The average Bonchev–Trinajstić information content (AvgIpc) is 2.25. The van der Waals surface area contributed by atoms with Gasteiger partial charge in [-0.15, -0.1) is 0 Å². The van der Waals surface area contributed by atoms with Crippen molar-refractivity contribution in [3.8, 4) is 0 Å². The Bertz CT molecular complexity index is 72.5. The van der Waals surface area contributed by atoms with E-state index in [1.54, 1.807) is 0 Å². The topological polar surface area (TPSA) is 20.2 Å². The zero-order valence-corrected chi connectivity index (χ0v) is 5.59. The van der Waals surface area contributed by atoms with E-state index in [2.05, 4.69) is 13.8 Å². The highest BCUT2D eigenvalue weighted by molar-refractivity contribution is 4.89. The molecule has 0 radical (unpaired) electrons. The summed E-state index contributed by atoms with van der Waals surface area (Å²) in [5.74, 6) is 2.59. The first-order valence-electron chi connectivity index (χ1n) is 3.38. The molecular weight excluding hydrogens is 100 g/mol. The minimum Gasteiger partial charge on any atom is -0.396 e. The van der Waals surface area contributed by atoms with E-state index in [1.807, 2.05) is 0 Å². The number of rotatable bonds is 2. The summed E-state index contributed by atoms with van der Waals surface area (Å²) in [6.07, 6.45) is 1.02. The van der Waals surface area contributed by atoms with Crippen LogP contribution >= 0.6 is 0 Å². The molecule has 1 heteroatoms. The minimum absolute atomic E-state index is 0.374. The first-order chi connectivity index (χ1) is 3.77. The van der Waals surface area contributed by atoms with E-state index < -0.39 is 0 Å². The smallest absolute Gasteiger partial charge is 0.0433 e. The average molecular weight is 114 g/mol. The molecule has 48 valence electrons. The van der Waals surface area contributed by atoms with Crippen LogP contribution in [0.15, 0.2) is 0 Å². The second-order valence-corrected chi connectivity index (χ2v) is 2.89. The molecule has 1 nitrogen and oxygen atoms in total. The molecule has 0 amide bonds. The Hall–Kier alpha value is -0.0400.